The van der Waals surface area contributed by atoms with Gasteiger partial charge < -0.3 is 14.9 Å². The number of carbonyl (C=O) groups is 1. The van der Waals surface area contributed by atoms with E-state index in [0.717, 1.165) is 51.4 Å². The molecule has 1 saturated heterocycles. The van der Waals surface area contributed by atoms with E-state index in [-0.39, 0.29) is 18.1 Å². The fourth-order valence-corrected chi connectivity index (χ4v) is 2.53. The molecule has 0 saturated carbocycles. The maximum absolute atomic E-state index is 10.7. The first-order valence-corrected chi connectivity index (χ1v) is 8.94. The quantitative estimate of drug-likeness (QED) is 0.304. The van der Waals surface area contributed by atoms with Gasteiger partial charge in [-0.2, -0.15) is 0 Å². The Morgan fingerprint density at radius 2 is 1.87 bits per heavy atom. The Kier molecular flexibility index (Phi) is 9.88. The Bertz CT molecular complexity index is 389. The topological polar surface area (TPSA) is 70.1 Å². The average Bonchev–Trinajstić information content (AvgIpc) is 3.27. The fraction of sp³-hybridized carbons (Fsp3) is 0.737. The fourth-order valence-electron chi connectivity index (χ4n) is 2.53. The minimum absolute atomic E-state index is 0.170. The molecular weight excluding hydrogens is 292 g/mol. The molecule has 1 unspecified atom stereocenters. The summed E-state index contributed by atoms with van der Waals surface area (Å²) < 4.78 is 5.52. The number of epoxide rings is 1. The maximum atomic E-state index is 10.7. The van der Waals surface area contributed by atoms with Gasteiger partial charge in [0.2, 0.25) is 0 Å². The summed E-state index contributed by atoms with van der Waals surface area (Å²) in [4.78, 5) is 10.7. The highest BCUT2D eigenvalue weighted by Crippen LogP contribution is 2.27. The van der Waals surface area contributed by atoms with Crippen molar-refractivity contribution in [2.24, 2.45) is 5.92 Å². The number of unbranched alkanes of at least 4 members (excludes halogenated alkanes) is 3. The molecule has 2 N–H and O–H groups in total. The number of carboxylic acids is 1. The number of carboxylic acid groups (broad SMARTS) is 1. The summed E-state index contributed by atoms with van der Waals surface area (Å²) in [6.07, 6.45) is 15.7. The number of aliphatic carboxylic acids is 1. The third-order valence-corrected chi connectivity index (χ3v) is 4.22. The molecule has 0 aromatic rings. The summed E-state index contributed by atoms with van der Waals surface area (Å²) in [5, 5.41) is 18.7. The van der Waals surface area contributed by atoms with Crippen LogP contribution in [0.1, 0.15) is 65.2 Å². The van der Waals surface area contributed by atoms with Crippen LogP contribution in [-0.4, -0.2) is 34.5 Å². The summed E-state index contributed by atoms with van der Waals surface area (Å²) in [5.41, 5.74) is 0. The molecule has 0 radical (unpaired) electrons. The van der Waals surface area contributed by atoms with Crippen LogP contribution < -0.4 is 0 Å². The highest BCUT2D eigenvalue weighted by Gasteiger charge is 2.34. The van der Waals surface area contributed by atoms with Crippen LogP contribution in [0.25, 0.3) is 0 Å². The number of hydrogen-bond acceptors (Lipinski definition) is 3. The van der Waals surface area contributed by atoms with Gasteiger partial charge in [-0.05, 0) is 25.7 Å². The molecule has 0 aliphatic carbocycles. The lowest BCUT2D eigenvalue weighted by molar-refractivity contribution is -0.141. The first kappa shape index (κ1) is 19.9. The minimum Gasteiger partial charge on any atom is -0.481 e. The van der Waals surface area contributed by atoms with Gasteiger partial charge in [-0.1, -0.05) is 63.8 Å². The van der Waals surface area contributed by atoms with Crippen LogP contribution in [-0.2, 0) is 9.53 Å². The Hall–Kier alpha value is -1.13. The zero-order valence-electron chi connectivity index (χ0n) is 14.5. The number of ether oxygens (including phenoxy) is 1. The van der Waals surface area contributed by atoms with E-state index in [9.17, 15) is 9.90 Å². The van der Waals surface area contributed by atoms with Crippen molar-refractivity contribution in [2.45, 2.75) is 83.5 Å². The second-order valence-corrected chi connectivity index (χ2v) is 6.44. The van der Waals surface area contributed by atoms with Gasteiger partial charge in [0.25, 0.3) is 0 Å². The molecule has 0 aromatic carbocycles. The summed E-state index contributed by atoms with van der Waals surface area (Å²) in [5.74, 6) is -0.960. The van der Waals surface area contributed by atoms with Crippen molar-refractivity contribution in [3.8, 4) is 0 Å². The van der Waals surface area contributed by atoms with Gasteiger partial charge in [0.05, 0.1) is 18.1 Å². The highest BCUT2D eigenvalue weighted by atomic mass is 16.6. The van der Waals surface area contributed by atoms with E-state index in [2.05, 4.69) is 19.1 Å². The third kappa shape index (κ3) is 9.57. The van der Waals surface area contributed by atoms with Crippen LogP contribution >= 0.6 is 0 Å². The molecule has 0 spiro atoms. The number of allylic oxidation sites excluding steroid dienone is 1. The summed E-state index contributed by atoms with van der Waals surface area (Å²) in [6.45, 7) is 3.87. The second kappa shape index (κ2) is 11.4. The lowest BCUT2D eigenvalue weighted by Crippen LogP contribution is -2.08. The molecule has 0 aromatic heterocycles. The van der Waals surface area contributed by atoms with Crippen LogP contribution in [0.3, 0.4) is 0 Å². The molecule has 0 amide bonds. The van der Waals surface area contributed by atoms with Crippen molar-refractivity contribution in [3.05, 3.63) is 24.3 Å². The molecule has 1 aliphatic rings. The summed E-state index contributed by atoms with van der Waals surface area (Å²) in [7, 11) is 0. The molecule has 132 valence electrons. The van der Waals surface area contributed by atoms with Crippen LogP contribution in [0.15, 0.2) is 24.3 Å². The van der Waals surface area contributed by atoms with Gasteiger partial charge in [-0.3, -0.25) is 4.79 Å². The first-order chi connectivity index (χ1) is 11.0. The van der Waals surface area contributed by atoms with E-state index in [1.165, 1.54) is 0 Å². The minimum atomic E-state index is -0.712. The van der Waals surface area contributed by atoms with Gasteiger partial charge in [-0.15, -0.1) is 0 Å². The number of aliphatic hydroxyl groups is 1. The Morgan fingerprint density at radius 3 is 2.52 bits per heavy atom. The predicted octanol–water partition coefficient (Wildman–Crippen LogP) is 4.09. The Balaban J connectivity index is 1.98. The molecule has 0 bridgehead atoms. The molecule has 1 rings (SSSR count). The monoisotopic (exact) mass is 324 g/mol. The van der Waals surface area contributed by atoms with Crippen molar-refractivity contribution in [1.29, 1.82) is 0 Å². The Labute approximate surface area is 140 Å². The van der Waals surface area contributed by atoms with Gasteiger partial charge in [0.1, 0.15) is 6.10 Å². The van der Waals surface area contributed by atoms with Gasteiger partial charge >= 0.3 is 5.97 Å². The third-order valence-electron chi connectivity index (χ3n) is 4.22. The zero-order valence-corrected chi connectivity index (χ0v) is 14.5. The van der Waals surface area contributed by atoms with Gasteiger partial charge in [0.15, 0.2) is 0 Å². The standard InChI is InChI=1S/C19H32O4/c1-3-4-7-12-17-18(23-17)14-13-16(20)11-9-6-5-8-10-15(2)19(21)22/h4,7,13-18,20H,3,5-6,8-12H2,1-2H3,(H,21,22)/b7-4-,14-13+/t15?,16-,17-,18+/m0/s1. The number of aliphatic hydroxyl groups excluding tert-OH is 1. The molecular formula is C19H32O4. The van der Waals surface area contributed by atoms with Crippen LogP contribution in [0.4, 0.5) is 0 Å². The molecule has 4 heteroatoms. The van der Waals surface area contributed by atoms with Crippen molar-refractivity contribution in [2.75, 3.05) is 0 Å². The molecule has 1 heterocycles. The number of rotatable bonds is 13. The van der Waals surface area contributed by atoms with E-state index < -0.39 is 12.1 Å². The predicted molar refractivity (Wildman–Crippen MR) is 92.4 cm³/mol. The van der Waals surface area contributed by atoms with Crippen molar-refractivity contribution in [3.63, 3.8) is 0 Å². The zero-order chi connectivity index (χ0) is 17.1. The van der Waals surface area contributed by atoms with Crippen LogP contribution in [0.2, 0.25) is 0 Å². The van der Waals surface area contributed by atoms with Crippen molar-refractivity contribution < 1.29 is 19.7 Å². The maximum Gasteiger partial charge on any atom is 0.306 e. The summed E-state index contributed by atoms with van der Waals surface area (Å²) in [6, 6.07) is 0. The number of hydrogen-bond donors (Lipinski definition) is 2. The van der Waals surface area contributed by atoms with Crippen LogP contribution in [0.5, 0.6) is 0 Å². The van der Waals surface area contributed by atoms with E-state index in [0.29, 0.717) is 0 Å². The molecule has 1 fully saturated rings. The molecule has 4 atom stereocenters. The molecule has 1 aliphatic heterocycles. The van der Waals surface area contributed by atoms with Crippen molar-refractivity contribution >= 4 is 5.97 Å². The van der Waals surface area contributed by atoms with E-state index in [1.807, 2.05) is 12.2 Å². The molecule has 23 heavy (non-hydrogen) atoms. The lowest BCUT2D eigenvalue weighted by Gasteiger charge is -2.07. The van der Waals surface area contributed by atoms with Crippen molar-refractivity contribution in [1.82, 2.24) is 0 Å². The van der Waals surface area contributed by atoms with E-state index in [1.54, 1.807) is 6.92 Å². The van der Waals surface area contributed by atoms with E-state index >= 15 is 0 Å². The largest absolute Gasteiger partial charge is 0.481 e. The molecule has 4 nitrogen and oxygen atoms in total. The SMILES string of the molecule is CC/C=C\C[C@@H]1O[C@@H]1/C=C/[C@@H](O)CCCCCCC(C)C(=O)O. The second-order valence-electron chi connectivity index (χ2n) is 6.44. The average molecular weight is 324 g/mol. The summed E-state index contributed by atoms with van der Waals surface area (Å²) >= 11 is 0. The highest BCUT2D eigenvalue weighted by molar-refractivity contribution is 5.69. The normalized spacial score (nSPS) is 23.4. The first-order valence-electron chi connectivity index (χ1n) is 8.94. The van der Waals surface area contributed by atoms with Gasteiger partial charge in [0, 0.05) is 0 Å². The Morgan fingerprint density at radius 1 is 1.17 bits per heavy atom. The lowest BCUT2D eigenvalue weighted by atomic mass is 10.0. The van der Waals surface area contributed by atoms with Crippen LogP contribution in [0, 0.1) is 5.92 Å². The van der Waals surface area contributed by atoms with Gasteiger partial charge in [-0.25, -0.2) is 0 Å². The smallest absolute Gasteiger partial charge is 0.306 e. The van der Waals surface area contributed by atoms with E-state index in [4.69, 9.17) is 9.84 Å².